The minimum atomic E-state index is -1.02. The molecule has 0 aromatic heterocycles. The fourth-order valence-corrected chi connectivity index (χ4v) is 2.12. The fraction of sp³-hybridized carbons (Fsp3) is 0.250. The number of anilines is 1. The van der Waals surface area contributed by atoms with Gasteiger partial charge in [-0.2, -0.15) is 0 Å². The number of carbonyl (C=O) groups excluding carboxylic acids is 2. The summed E-state index contributed by atoms with van der Waals surface area (Å²) in [6.07, 6.45) is 0. The Morgan fingerprint density at radius 1 is 0.885 bits per heavy atom. The fourth-order valence-electron chi connectivity index (χ4n) is 2.12. The second kappa shape index (κ2) is 7.82. The standard InChI is InChI=1S/C20H22N2O4/c1-20(2,3)19(26)21-12-13-4-6-14(7-5-13)17(23)22-16-10-8-15(9-11-16)18(24)25/h4-11H,12H2,1-3H3,(H,21,26)(H,22,23)(H,24,25). The van der Waals surface area contributed by atoms with Crippen LogP contribution in [0.5, 0.6) is 0 Å². The molecule has 2 aromatic rings. The summed E-state index contributed by atoms with van der Waals surface area (Å²) in [5, 5.41) is 14.4. The van der Waals surface area contributed by atoms with E-state index in [1.165, 1.54) is 24.3 Å². The summed E-state index contributed by atoms with van der Waals surface area (Å²) in [6, 6.07) is 12.9. The van der Waals surface area contributed by atoms with Gasteiger partial charge in [-0.1, -0.05) is 32.9 Å². The Bertz CT molecular complexity index is 803. The third-order valence-corrected chi connectivity index (χ3v) is 3.74. The van der Waals surface area contributed by atoms with Crippen molar-refractivity contribution in [3.63, 3.8) is 0 Å². The zero-order valence-electron chi connectivity index (χ0n) is 15.0. The summed E-state index contributed by atoms with van der Waals surface area (Å²) in [7, 11) is 0. The highest BCUT2D eigenvalue weighted by Crippen LogP contribution is 2.14. The topological polar surface area (TPSA) is 95.5 Å². The minimum Gasteiger partial charge on any atom is -0.478 e. The summed E-state index contributed by atoms with van der Waals surface area (Å²) in [5.41, 5.74) is 1.59. The molecule has 0 heterocycles. The molecule has 0 fully saturated rings. The van der Waals surface area contributed by atoms with Crippen molar-refractivity contribution in [2.45, 2.75) is 27.3 Å². The third kappa shape index (κ3) is 5.17. The molecule has 0 saturated heterocycles. The van der Waals surface area contributed by atoms with Crippen molar-refractivity contribution in [1.82, 2.24) is 5.32 Å². The predicted molar refractivity (Wildman–Crippen MR) is 99.1 cm³/mol. The largest absolute Gasteiger partial charge is 0.478 e. The van der Waals surface area contributed by atoms with Crippen LogP contribution in [0.1, 0.15) is 47.1 Å². The van der Waals surface area contributed by atoms with Gasteiger partial charge in [-0.25, -0.2) is 4.79 Å². The molecule has 26 heavy (non-hydrogen) atoms. The monoisotopic (exact) mass is 354 g/mol. The molecule has 136 valence electrons. The molecule has 0 spiro atoms. The Kier molecular flexibility index (Phi) is 5.77. The Labute approximate surface area is 152 Å². The van der Waals surface area contributed by atoms with Gasteiger partial charge in [-0.3, -0.25) is 9.59 Å². The number of hydrogen-bond acceptors (Lipinski definition) is 3. The van der Waals surface area contributed by atoms with Crippen molar-refractivity contribution in [2.24, 2.45) is 5.41 Å². The van der Waals surface area contributed by atoms with E-state index in [0.717, 1.165) is 5.56 Å². The lowest BCUT2D eigenvalue weighted by Gasteiger charge is -2.17. The number of amides is 2. The van der Waals surface area contributed by atoms with Crippen molar-refractivity contribution in [1.29, 1.82) is 0 Å². The maximum Gasteiger partial charge on any atom is 0.335 e. The van der Waals surface area contributed by atoms with Crippen LogP contribution in [-0.2, 0) is 11.3 Å². The van der Waals surface area contributed by atoms with Gasteiger partial charge in [0.15, 0.2) is 0 Å². The highest BCUT2D eigenvalue weighted by Gasteiger charge is 2.20. The number of nitrogens with one attached hydrogen (secondary N) is 2. The number of benzene rings is 2. The lowest BCUT2D eigenvalue weighted by molar-refractivity contribution is -0.128. The van der Waals surface area contributed by atoms with Crippen molar-refractivity contribution in [2.75, 3.05) is 5.32 Å². The van der Waals surface area contributed by atoms with Crippen LogP contribution in [0.15, 0.2) is 48.5 Å². The maximum atomic E-state index is 12.2. The first-order chi connectivity index (χ1) is 12.2. The molecule has 2 amide bonds. The van der Waals surface area contributed by atoms with Crippen molar-refractivity contribution in [3.8, 4) is 0 Å². The van der Waals surface area contributed by atoms with Gasteiger partial charge >= 0.3 is 5.97 Å². The summed E-state index contributed by atoms with van der Waals surface area (Å²) in [5.74, 6) is -1.35. The van der Waals surface area contributed by atoms with Crippen LogP contribution in [-0.4, -0.2) is 22.9 Å². The molecule has 0 aliphatic heterocycles. The molecule has 6 nitrogen and oxygen atoms in total. The van der Waals surface area contributed by atoms with Crippen LogP contribution in [0, 0.1) is 5.41 Å². The molecular formula is C20H22N2O4. The van der Waals surface area contributed by atoms with Gasteiger partial charge in [-0.15, -0.1) is 0 Å². The van der Waals surface area contributed by atoms with Gasteiger partial charge < -0.3 is 15.7 Å². The summed E-state index contributed by atoms with van der Waals surface area (Å²) < 4.78 is 0. The molecule has 0 unspecified atom stereocenters. The van der Waals surface area contributed by atoms with E-state index in [1.807, 2.05) is 20.8 Å². The molecule has 6 heteroatoms. The quantitative estimate of drug-likeness (QED) is 0.768. The average molecular weight is 354 g/mol. The van der Waals surface area contributed by atoms with Crippen molar-refractivity contribution in [3.05, 3.63) is 65.2 Å². The number of rotatable bonds is 5. The molecule has 2 rings (SSSR count). The molecule has 0 aliphatic rings. The Balaban J connectivity index is 1.95. The minimum absolute atomic E-state index is 0.0378. The molecule has 2 aromatic carbocycles. The van der Waals surface area contributed by atoms with Crippen LogP contribution in [0.25, 0.3) is 0 Å². The van der Waals surface area contributed by atoms with E-state index in [2.05, 4.69) is 10.6 Å². The number of aromatic carboxylic acids is 1. The van der Waals surface area contributed by atoms with Crippen LogP contribution in [0.4, 0.5) is 5.69 Å². The second-order valence-corrected chi connectivity index (χ2v) is 6.97. The van der Waals surface area contributed by atoms with Gasteiger partial charge in [0.05, 0.1) is 5.56 Å². The number of hydrogen-bond donors (Lipinski definition) is 3. The van der Waals surface area contributed by atoms with E-state index in [-0.39, 0.29) is 17.4 Å². The SMILES string of the molecule is CC(C)(C)C(=O)NCc1ccc(C(=O)Nc2ccc(C(=O)O)cc2)cc1. The van der Waals surface area contributed by atoms with Gasteiger partial charge in [-0.05, 0) is 42.0 Å². The van der Waals surface area contributed by atoms with E-state index in [9.17, 15) is 14.4 Å². The van der Waals surface area contributed by atoms with Gasteiger partial charge in [0, 0.05) is 23.2 Å². The van der Waals surface area contributed by atoms with Crippen molar-refractivity contribution < 1.29 is 19.5 Å². The van der Waals surface area contributed by atoms with E-state index in [0.29, 0.717) is 17.8 Å². The average Bonchev–Trinajstić information content (AvgIpc) is 2.59. The Morgan fingerprint density at radius 3 is 1.92 bits per heavy atom. The first-order valence-electron chi connectivity index (χ1n) is 8.19. The van der Waals surface area contributed by atoms with Gasteiger partial charge in [0.2, 0.25) is 5.91 Å². The van der Waals surface area contributed by atoms with E-state index in [4.69, 9.17) is 5.11 Å². The Hall–Kier alpha value is -3.15. The predicted octanol–water partition coefficient (Wildman–Crippen LogP) is 3.30. The molecule has 3 N–H and O–H groups in total. The van der Waals surface area contributed by atoms with E-state index < -0.39 is 11.4 Å². The third-order valence-electron chi connectivity index (χ3n) is 3.74. The first kappa shape index (κ1) is 19.2. The van der Waals surface area contributed by atoms with Crippen LogP contribution in [0.3, 0.4) is 0 Å². The normalized spacial score (nSPS) is 10.9. The van der Waals surface area contributed by atoms with Crippen LogP contribution in [0.2, 0.25) is 0 Å². The summed E-state index contributed by atoms with van der Waals surface area (Å²) in [6.45, 7) is 5.94. The number of carbonyl (C=O) groups is 3. The highest BCUT2D eigenvalue weighted by atomic mass is 16.4. The van der Waals surface area contributed by atoms with Crippen LogP contribution < -0.4 is 10.6 Å². The zero-order valence-corrected chi connectivity index (χ0v) is 15.0. The van der Waals surface area contributed by atoms with Crippen molar-refractivity contribution >= 4 is 23.5 Å². The lowest BCUT2D eigenvalue weighted by Crippen LogP contribution is -2.34. The molecule has 0 saturated carbocycles. The lowest BCUT2D eigenvalue weighted by atomic mass is 9.95. The Morgan fingerprint density at radius 2 is 1.42 bits per heavy atom. The summed E-state index contributed by atoms with van der Waals surface area (Å²) >= 11 is 0. The highest BCUT2D eigenvalue weighted by molar-refractivity contribution is 6.04. The van der Waals surface area contributed by atoms with Crippen LogP contribution >= 0.6 is 0 Å². The smallest absolute Gasteiger partial charge is 0.335 e. The van der Waals surface area contributed by atoms with Gasteiger partial charge in [0.25, 0.3) is 5.91 Å². The number of carboxylic acids is 1. The zero-order chi connectivity index (χ0) is 19.3. The first-order valence-corrected chi connectivity index (χ1v) is 8.19. The molecule has 0 aliphatic carbocycles. The van der Waals surface area contributed by atoms with Gasteiger partial charge in [0.1, 0.15) is 0 Å². The summed E-state index contributed by atoms with van der Waals surface area (Å²) in [4.78, 5) is 34.9. The molecular weight excluding hydrogens is 332 g/mol. The molecule has 0 atom stereocenters. The molecule has 0 bridgehead atoms. The number of carboxylic acid groups (broad SMARTS) is 1. The van der Waals surface area contributed by atoms with E-state index >= 15 is 0 Å². The maximum absolute atomic E-state index is 12.2. The molecule has 0 radical (unpaired) electrons. The second-order valence-electron chi connectivity index (χ2n) is 6.97. The van der Waals surface area contributed by atoms with E-state index in [1.54, 1.807) is 24.3 Å².